The molecule has 0 aliphatic carbocycles. The van der Waals surface area contributed by atoms with Crippen LogP contribution < -0.4 is 0 Å². The van der Waals surface area contributed by atoms with Crippen LogP contribution in [0.2, 0.25) is 4.34 Å². The van der Waals surface area contributed by atoms with Crippen molar-refractivity contribution in [2.75, 3.05) is 13.1 Å². The van der Waals surface area contributed by atoms with Gasteiger partial charge in [0.15, 0.2) is 0 Å². The molecule has 1 fully saturated rings. The van der Waals surface area contributed by atoms with Gasteiger partial charge in [-0.1, -0.05) is 11.6 Å². The smallest absolute Gasteiger partial charge is 0.252 e. The first-order valence-corrected chi connectivity index (χ1v) is 8.84. The van der Waals surface area contributed by atoms with Gasteiger partial charge in [-0.15, -0.1) is 11.3 Å². The summed E-state index contributed by atoms with van der Waals surface area (Å²) in [5.41, 5.74) is 0.0138. The quantitative estimate of drug-likeness (QED) is 0.910. The van der Waals surface area contributed by atoms with E-state index in [1.807, 2.05) is 0 Å². The lowest BCUT2D eigenvalue weighted by molar-refractivity contribution is 0.0465. The van der Waals surface area contributed by atoms with Gasteiger partial charge in [0.2, 0.25) is 0 Å². The van der Waals surface area contributed by atoms with E-state index in [1.54, 1.807) is 19.9 Å². The average molecular weight is 324 g/mol. The second-order valence-electron chi connectivity index (χ2n) is 5.28. The molecule has 4 nitrogen and oxygen atoms in total. The van der Waals surface area contributed by atoms with Gasteiger partial charge in [0.1, 0.15) is 4.21 Å². The van der Waals surface area contributed by atoms with Crippen molar-refractivity contribution >= 4 is 33.0 Å². The fourth-order valence-electron chi connectivity index (χ4n) is 2.17. The predicted octanol–water partition coefficient (Wildman–Crippen LogP) is 2.64. The highest BCUT2D eigenvalue weighted by Gasteiger charge is 2.32. The number of hydrogen-bond donors (Lipinski definition) is 1. The first-order chi connectivity index (χ1) is 8.72. The van der Waals surface area contributed by atoms with E-state index in [2.05, 4.69) is 0 Å². The van der Waals surface area contributed by atoms with Gasteiger partial charge in [-0.2, -0.15) is 4.31 Å². The Hall–Kier alpha value is -0.140. The second-order valence-corrected chi connectivity index (χ2v) is 9.10. The molecule has 1 aliphatic rings. The normalized spacial score (nSPS) is 26.3. The molecular formula is C12H18ClNO3S2. The first-order valence-electron chi connectivity index (χ1n) is 6.21. The van der Waals surface area contributed by atoms with E-state index in [9.17, 15) is 13.5 Å². The number of aryl methyl sites for hydroxylation is 1. The highest BCUT2D eigenvalue weighted by atomic mass is 35.5. The molecule has 1 atom stereocenters. The number of nitrogens with zero attached hydrogens (tertiary/aromatic N) is 1. The minimum atomic E-state index is -3.48. The van der Waals surface area contributed by atoms with Gasteiger partial charge in [-0.3, -0.25) is 0 Å². The molecule has 0 radical (unpaired) electrons. The minimum Gasteiger partial charge on any atom is -0.390 e. The molecule has 0 aromatic carbocycles. The largest absolute Gasteiger partial charge is 0.390 e. The Bertz CT molecular complexity index is 546. The van der Waals surface area contributed by atoms with Crippen LogP contribution >= 0.6 is 22.9 Å². The van der Waals surface area contributed by atoms with E-state index in [0.29, 0.717) is 36.7 Å². The summed E-state index contributed by atoms with van der Waals surface area (Å²) in [6.07, 6.45) is 1.76. The van der Waals surface area contributed by atoms with Crippen LogP contribution in [0.3, 0.4) is 0 Å². The first kappa shape index (κ1) is 15.3. The Morgan fingerprint density at radius 1 is 1.42 bits per heavy atom. The molecule has 0 spiro atoms. The average Bonchev–Trinajstić information content (AvgIpc) is 2.54. The van der Waals surface area contributed by atoms with Gasteiger partial charge in [0, 0.05) is 13.1 Å². The zero-order valence-electron chi connectivity index (χ0n) is 11.0. The summed E-state index contributed by atoms with van der Waals surface area (Å²) in [7, 11) is -3.48. The molecule has 0 saturated carbocycles. The SMILES string of the molecule is Cc1cc(S(=O)(=O)N2CCCC(C)(O)CC2)sc1Cl. The molecular weight excluding hydrogens is 306 g/mol. The van der Waals surface area contributed by atoms with Crippen molar-refractivity contribution in [3.63, 3.8) is 0 Å². The van der Waals surface area contributed by atoms with Crippen molar-refractivity contribution in [2.24, 2.45) is 0 Å². The number of aliphatic hydroxyl groups is 1. The monoisotopic (exact) mass is 323 g/mol. The standard InChI is InChI=1S/C12H18ClNO3S2/c1-9-8-10(18-11(9)13)19(16,17)14-6-3-4-12(2,15)5-7-14/h8,15H,3-7H2,1-2H3. The van der Waals surface area contributed by atoms with E-state index in [4.69, 9.17) is 11.6 Å². The summed E-state index contributed by atoms with van der Waals surface area (Å²) in [4.78, 5) is 0. The van der Waals surface area contributed by atoms with Crippen LogP contribution in [0.15, 0.2) is 10.3 Å². The van der Waals surface area contributed by atoms with Crippen molar-refractivity contribution in [3.8, 4) is 0 Å². The zero-order valence-corrected chi connectivity index (χ0v) is 13.4. The van der Waals surface area contributed by atoms with Gasteiger partial charge < -0.3 is 5.11 Å². The highest BCUT2D eigenvalue weighted by Crippen LogP contribution is 2.33. The van der Waals surface area contributed by atoms with Gasteiger partial charge in [0.25, 0.3) is 10.0 Å². The summed E-state index contributed by atoms with van der Waals surface area (Å²) in [5, 5.41) is 10.0. The molecule has 1 aliphatic heterocycles. The Morgan fingerprint density at radius 2 is 2.11 bits per heavy atom. The van der Waals surface area contributed by atoms with E-state index in [0.717, 1.165) is 16.9 Å². The van der Waals surface area contributed by atoms with Gasteiger partial charge in [0.05, 0.1) is 9.94 Å². The van der Waals surface area contributed by atoms with E-state index >= 15 is 0 Å². The number of halogens is 1. The van der Waals surface area contributed by atoms with Crippen molar-refractivity contribution in [1.29, 1.82) is 0 Å². The molecule has 19 heavy (non-hydrogen) atoms. The Labute approximate surface area is 123 Å². The van der Waals surface area contributed by atoms with Crippen LogP contribution in [-0.4, -0.2) is 36.5 Å². The fourth-order valence-corrected chi connectivity index (χ4v) is 5.51. The summed E-state index contributed by atoms with van der Waals surface area (Å²) >= 11 is 7.04. The van der Waals surface area contributed by atoms with Gasteiger partial charge >= 0.3 is 0 Å². The van der Waals surface area contributed by atoms with Crippen molar-refractivity contribution in [1.82, 2.24) is 4.31 Å². The van der Waals surface area contributed by atoms with Gasteiger partial charge in [-0.05, 0) is 44.7 Å². The molecule has 2 heterocycles. The van der Waals surface area contributed by atoms with Crippen LogP contribution in [0.4, 0.5) is 0 Å². The predicted molar refractivity (Wildman–Crippen MR) is 77.3 cm³/mol. The maximum Gasteiger partial charge on any atom is 0.252 e. The highest BCUT2D eigenvalue weighted by molar-refractivity contribution is 7.91. The molecule has 1 saturated heterocycles. The summed E-state index contributed by atoms with van der Waals surface area (Å²) in [5.74, 6) is 0. The molecule has 108 valence electrons. The van der Waals surface area contributed by atoms with Crippen LogP contribution in [0, 0.1) is 6.92 Å². The van der Waals surface area contributed by atoms with Gasteiger partial charge in [-0.25, -0.2) is 8.42 Å². The fraction of sp³-hybridized carbons (Fsp3) is 0.667. The van der Waals surface area contributed by atoms with E-state index in [-0.39, 0.29) is 4.21 Å². The topological polar surface area (TPSA) is 57.6 Å². The number of thiophene rings is 1. The summed E-state index contributed by atoms with van der Waals surface area (Å²) in [6.45, 7) is 4.36. The third-order valence-corrected chi connectivity index (χ3v) is 7.35. The van der Waals surface area contributed by atoms with Crippen molar-refractivity contribution in [2.45, 2.75) is 42.9 Å². The van der Waals surface area contributed by atoms with E-state index in [1.165, 1.54) is 4.31 Å². The van der Waals surface area contributed by atoms with Crippen molar-refractivity contribution in [3.05, 3.63) is 16.0 Å². The van der Waals surface area contributed by atoms with Crippen LogP contribution in [0.1, 0.15) is 31.7 Å². The third kappa shape index (κ3) is 3.31. The lowest BCUT2D eigenvalue weighted by Gasteiger charge is -2.21. The van der Waals surface area contributed by atoms with E-state index < -0.39 is 15.6 Å². The van der Waals surface area contributed by atoms with Crippen LogP contribution in [0.25, 0.3) is 0 Å². The molecule has 7 heteroatoms. The lowest BCUT2D eigenvalue weighted by atomic mass is 9.98. The number of hydrogen-bond acceptors (Lipinski definition) is 4. The zero-order chi connectivity index (χ0) is 14.3. The maximum absolute atomic E-state index is 12.5. The summed E-state index contributed by atoms with van der Waals surface area (Å²) < 4.78 is 27.3. The Balaban J connectivity index is 2.25. The maximum atomic E-state index is 12.5. The number of rotatable bonds is 2. The second kappa shape index (κ2) is 5.33. The number of sulfonamides is 1. The van der Waals surface area contributed by atoms with Crippen LogP contribution in [0.5, 0.6) is 0 Å². The molecule has 0 bridgehead atoms. The molecule has 1 aromatic heterocycles. The van der Waals surface area contributed by atoms with Crippen molar-refractivity contribution < 1.29 is 13.5 Å². The lowest BCUT2D eigenvalue weighted by Crippen LogP contribution is -2.33. The van der Waals surface area contributed by atoms with Crippen LogP contribution in [-0.2, 0) is 10.0 Å². The molecule has 1 unspecified atom stereocenters. The Kier molecular flexibility index (Phi) is 4.28. The molecule has 1 N–H and O–H groups in total. The Morgan fingerprint density at radius 3 is 2.68 bits per heavy atom. The molecule has 2 rings (SSSR count). The minimum absolute atomic E-state index is 0.288. The molecule has 0 amide bonds. The molecule has 1 aromatic rings. The summed E-state index contributed by atoms with van der Waals surface area (Å²) in [6, 6.07) is 1.62. The third-order valence-electron chi connectivity index (χ3n) is 3.45.